The van der Waals surface area contributed by atoms with Crippen molar-refractivity contribution in [1.29, 1.82) is 0 Å². The van der Waals surface area contributed by atoms with E-state index < -0.39 is 0 Å². The largest absolute Gasteiger partial charge is 0.393 e. The number of aliphatic hydroxyl groups is 1. The number of hydrogen-bond donors (Lipinski definition) is 1. The fourth-order valence-electron chi connectivity index (χ4n) is 2.44. The first-order valence-electron chi connectivity index (χ1n) is 6.89. The van der Waals surface area contributed by atoms with Crippen LogP contribution < -0.4 is 0 Å². The molecule has 0 aliphatic carbocycles. The Morgan fingerprint density at radius 2 is 2.00 bits per heavy atom. The predicted molar refractivity (Wildman–Crippen MR) is 84.9 cm³/mol. The molecule has 0 radical (unpaired) electrons. The van der Waals surface area contributed by atoms with E-state index in [1.807, 2.05) is 24.7 Å². The third-order valence-corrected chi connectivity index (χ3v) is 4.73. The van der Waals surface area contributed by atoms with E-state index in [-0.39, 0.29) is 6.10 Å². The van der Waals surface area contributed by atoms with E-state index in [4.69, 9.17) is 0 Å². The molecule has 1 aromatic carbocycles. The van der Waals surface area contributed by atoms with Crippen LogP contribution in [0.1, 0.15) is 28.9 Å². The molecule has 108 valence electrons. The SMILES string of the molecule is Cc1ccccc1CCC(O)Cc1c(Br)c(C)nn1C. The van der Waals surface area contributed by atoms with E-state index in [9.17, 15) is 5.11 Å². The van der Waals surface area contributed by atoms with Gasteiger partial charge in [-0.25, -0.2) is 0 Å². The van der Waals surface area contributed by atoms with Crippen LogP contribution in [0.3, 0.4) is 0 Å². The molecule has 20 heavy (non-hydrogen) atoms. The van der Waals surface area contributed by atoms with Crippen LogP contribution in [-0.4, -0.2) is 21.0 Å². The Labute approximate surface area is 128 Å². The zero-order valence-electron chi connectivity index (χ0n) is 12.2. The van der Waals surface area contributed by atoms with Crippen LogP contribution in [0.5, 0.6) is 0 Å². The molecule has 1 heterocycles. The summed E-state index contributed by atoms with van der Waals surface area (Å²) in [6.45, 7) is 4.08. The zero-order valence-corrected chi connectivity index (χ0v) is 13.8. The molecule has 0 amide bonds. The fraction of sp³-hybridized carbons (Fsp3) is 0.438. The lowest BCUT2D eigenvalue weighted by atomic mass is 10.0. The second kappa shape index (κ2) is 6.55. The Bertz CT molecular complexity index is 592. The van der Waals surface area contributed by atoms with Gasteiger partial charge in [0.2, 0.25) is 0 Å². The highest BCUT2D eigenvalue weighted by Crippen LogP contribution is 2.22. The predicted octanol–water partition coefficient (Wildman–Crippen LogP) is 3.34. The molecule has 0 spiro atoms. The molecule has 1 atom stereocenters. The average Bonchev–Trinajstić information content (AvgIpc) is 2.64. The first-order chi connectivity index (χ1) is 9.49. The summed E-state index contributed by atoms with van der Waals surface area (Å²) in [7, 11) is 1.92. The van der Waals surface area contributed by atoms with Gasteiger partial charge in [-0.2, -0.15) is 5.10 Å². The third-order valence-electron chi connectivity index (χ3n) is 3.70. The topological polar surface area (TPSA) is 38.1 Å². The van der Waals surface area contributed by atoms with Gasteiger partial charge >= 0.3 is 0 Å². The summed E-state index contributed by atoms with van der Waals surface area (Å²) in [5.41, 5.74) is 4.62. The molecule has 1 unspecified atom stereocenters. The number of benzene rings is 1. The van der Waals surface area contributed by atoms with Gasteiger partial charge in [0.15, 0.2) is 0 Å². The summed E-state index contributed by atoms with van der Waals surface area (Å²) in [4.78, 5) is 0. The van der Waals surface area contributed by atoms with Crippen LogP contribution >= 0.6 is 15.9 Å². The molecule has 1 N–H and O–H groups in total. The minimum atomic E-state index is -0.347. The second-order valence-corrected chi connectivity index (χ2v) is 6.09. The number of nitrogens with zero attached hydrogens (tertiary/aromatic N) is 2. The normalized spacial score (nSPS) is 12.7. The van der Waals surface area contributed by atoms with Gasteiger partial charge in [0.1, 0.15) is 0 Å². The number of rotatable bonds is 5. The molecule has 2 aromatic rings. The van der Waals surface area contributed by atoms with Crippen molar-refractivity contribution >= 4 is 15.9 Å². The van der Waals surface area contributed by atoms with Crippen LogP contribution in [0.25, 0.3) is 0 Å². The van der Waals surface area contributed by atoms with Crippen molar-refractivity contribution < 1.29 is 5.11 Å². The Morgan fingerprint density at radius 1 is 1.30 bits per heavy atom. The number of aliphatic hydroxyl groups excluding tert-OH is 1. The van der Waals surface area contributed by atoms with Gasteiger partial charge in [0, 0.05) is 13.5 Å². The molecule has 0 saturated carbocycles. The highest BCUT2D eigenvalue weighted by molar-refractivity contribution is 9.10. The van der Waals surface area contributed by atoms with E-state index in [0.29, 0.717) is 6.42 Å². The Hall–Kier alpha value is -1.13. The first-order valence-corrected chi connectivity index (χ1v) is 7.69. The van der Waals surface area contributed by atoms with Crippen LogP contribution in [0.15, 0.2) is 28.7 Å². The fourth-order valence-corrected chi connectivity index (χ4v) is 2.94. The van der Waals surface area contributed by atoms with Crippen molar-refractivity contribution in [2.75, 3.05) is 0 Å². The third kappa shape index (κ3) is 3.49. The molecular weight excluding hydrogens is 316 g/mol. The summed E-state index contributed by atoms with van der Waals surface area (Å²) in [5.74, 6) is 0. The van der Waals surface area contributed by atoms with Crippen LogP contribution in [-0.2, 0) is 19.9 Å². The lowest BCUT2D eigenvalue weighted by Crippen LogP contribution is -2.14. The van der Waals surface area contributed by atoms with Crippen LogP contribution in [0.4, 0.5) is 0 Å². The molecule has 0 saturated heterocycles. The van der Waals surface area contributed by atoms with Gasteiger partial charge in [-0.05, 0) is 53.7 Å². The second-order valence-electron chi connectivity index (χ2n) is 5.29. The molecule has 1 aromatic heterocycles. The van der Waals surface area contributed by atoms with E-state index in [1.165, 1.54) is 11.1 Å². The smallest absolute Gasteiger partial charge is 0.0738 e. The molecule has 0 fully saturated rings. The summed E-state index contributed by atoms with van der Waals surface area (Å²) < 4.78 is 2.85. The van der Waals surface area contributed by atoms with Gasteiger partial charge in [-0.3, -0.25) is 4.68 Å². The van der Waals surface area contributed by atoms with Crippen molar-refractivity contribution in [3.8, 4) is 0 Å². The highest BCUT2D eigenvalue weighted by atomic mass is 79.9. The van der Waals surface area contributed by atoms with Crippen LogP contribution in [0, 0.1) is 13.8 Å². The Kier molecular flexibility index (Phi) is 5.00. The van der Waals surface area contributed by atoms with Gasteiger partial charge in [0.05, 0.1) is 22.0 Å². The maximum absolute atomic E-state index is 10.3. The minimum absolute atomic E-state index is 0.347. The number of halogens is 1. The quantitative estimate of drug-likeness (QED) is 0.909. The van der Waals surface area contributed by atoms with Crippen molar-refractivity contribution in [1.82, 2.24) is 9.78 Å². The van der Waals surface area contributed by atoms with Crippen molar-refractivity contribution in [3.05, 3.63) is 51.3 Å². The van der Waals surface area contributed by atoms with E-state index in [1.54, 1.807) is 0 Å². The summed E-state index contributed by atoms with van der Waals surface area (Å²) >= 11 is 3.54. The first kappa shape index (κ1) is 15.3. The standard InChI is InChI=1S/C16H21BrN2O/c1-11-6-4-5-7-13(11)8-9-14(20)10-15-16(17)12(2)18-19(15)3/h4-7,14,20H,8-10H2,1-3H3. The maximum Gasteiger partial charge on any atom is 0.0738 e. The molecule has 3 nitrogen and oxygen atoms in total. The zero-order chi connectivity index (χ0) is 14.7. The Balaban J connectivity index is 1.96. The number of aryl methyl sites for hydroxylation is 4. The molecule has 0 aliphatic heterocycles. The van der Waals surface area contributed by atoms with E-state index in [0.717, 1.165) is 28.7 Å². The van der Waals surface area contributed by atoms with Crippen molar-refractivity contribution in [2.45, 2.75) is 39.2 Å². The average molecular weight is 337 g/mol. The van der Waals surface area contributed by atoms with Gasteiger partial charge in [-0.15, -0.1) is 0 Å². The van der Waals surface area contributed by atoms with E-state index >= 15 is 0 Å². The summed E-state index contributed by atoms with van der Waals surface area (Å²) in [6.07, 6.45) is 1.95. The summed E-state index contributed by atoms with van der Waals surface area (Å²) in [6, 6.07) is 8.34. The maximum atomic E-state index is 10.3. The lowest BCUT2D eigenvalue weighted by molar-refractivity contribution is 0.162. The molecular formula is C16H21BrN2O. The Morgan fingerprint density at radius 3 is 2.60 bits per heavy atom. The monoisotopic (exact) mass is 336 g/mol. The number of hydrogen-bond acceptors (Lipinski definition) is 2. The molecule has 2 rings (SSSR count). The lowest BCUT2D eigenvalue weighted by Gasteiger charge is -2.12. The van der Waals surface area contributed by atoms with Crippen LogP contribution in [0.2, 0.25) is 0 Å². The highest BCUT2D eigenvalue weighted by Gasteiger charge is 2.15. The van der Waals surface area contributed by atoms with Gasteiger partial charge < -0.3 is 5.11 Å². The molecule has 4 heteroatoms. The minimum Gasteiger partial charge on any atom is -0.393 e. The molecule has 0 aliphatic rings. The van der Waals surface area contributed by atoms with Gasteiger partial charge in [-0.1, -0.05) is 24.3 Å². The molecule has 0 bridgehead atoms. The van der Waals surface area contributed by atoms with Crippen molar-refractivity contribution in [2.24, 2.45) is 7.05 Å². The van der Waals surface area contributed by atoms with Crippen molar-refractivity contribution in [3.63, 3.8) is 0 Å². The number of aromatic nitrogens is 2. The van der Waals surface area contributed by atoms with E-state index in [2.05, 4.69) is 46.2 Å². The summed E-state index contributed by atoms with van der Waals surface area (Å²) in [5, 5.41) is 14.6. The van der Waals surface area contributed by atoms with Gasteiger partial charge in [0.25, 0.3) is 0 Å².